The fourth-order valence-electron chi connectivity index (χ4n) is 5.36. The van der Waals surface area contributed by atoms with Gasteiger partial charge in [0.2, 0.25) is 5.91 Å². The molecule has 0 spiro atoms. The molecule has 228 valence electrons. The molecule has 0 radical (unpaired) electrons. The van der Waals surface area contributed by atoms with Crippen molar-refractivity contribution in [1.82, 2.24) is 10.6 Å². The SMILES string of the molecule is CC(C)(C)OC(=O)N[C@@H](Cc1ccccc1)[C@@H](O)C[C@@H](C/C=C/c1ccccc1)C(=O)N[C@H]1c2ccccc2[C@@H](O)[C@H]1O. The van der Waals surface area contributed by atoms with E-state index in [-0.39, 0.29) is 12.3 Å². The molecular weight excluding hydrogens is 544 g/mol. The Labute approximate surface area is 253 Å². The number of carbonyl (C=O) groups is 2. The molecule has 3 aromatic carbocycles. The van der Waals surface area contributed by atoms with Gasteiger partial charge in [-0.05, 0) is 62.3 Å². The molecule has 8 heteroatoms. The lowest BCUT2D eigenvalue weighted by Gasteiger charge is -2.29. The Morgan fingerprint density at radius 2 is 1.51 bits per heavy atom. The zero-order chi connectivity index (χ0) is 31.0. The predicted molar refractivity (Wildman–Crippen MR) is 166 cm³/mol. The lowest BCUT2D eigenvalue weighted by atomic mass is 9.90. The number of carbonyl (C=O) groups excluding carboxylic acids is 2. The van der Waals surface area contributed by atoms with Crippen molar-refractivity contribution in [3.63, 3.8) is 0 Å². The minimum absolute atomic E-state index is 0.0330. The van der Waals surface area contributed by atoms with Gasteiger partial charge in [0.15, 0.2) is 0 Å². The first-order chi connectivity index (χ1) is 20.5. The second kappa shape index (κ2) is 14.5. The molecule has 0 heterocycles. The monoisotopic (exact) mass is 586 g/mol. The lowest BCUT2D eigenvalue weighted by Crippen LogP contribution is -2.48. The van der Waals surface area contributed by atoms with Crippen LogP contribution in [0.3, 0.4) is 0 Å². The molecule has 0 saturated heterocycles. The van der Waals surface area contributed by atoms with Crippen LogP contribution in [0.4, 0.5) is 4.79 Å². The van der Waals surface area contributed by atoms with Crippen LogP contribution in [0.25, 0.3) is 6.08 Å². The molecule has 6 atom stereocenters. The summed E-state index contributed by atoms with van der Waals surface area (Å²) >= 11 is 0. The van der Waals surface area contributed by atoms with E-state index >= 15 is 0 Å². The average Bonchev–Trinajstić information content (AvgIpc) is 3.21. The average molecular weight is 587 g/mol. The van der Waals surface area contributed by atoms with E-state index in [2.05, 4.69) is 10.6 Å². The van der Waals surface area contributed by atoms with Crippen LogP contribution in [0.5, 0.6) is 0 Å². The number of allylic oxidation sites excluding steroid dienone is 1. The molecule has 1 aliphatic carbocycles. The second-order valence-electron chi connectivity index (χ2n) is 12.0. The lowest BCUT2D eigenvalue weighted by molar-refractivity contribution is -0.128. The number of rotatable bonds is 11. The summed E-state index contributed by atoms with van der Waals surface area (Å²) in [6.45, 7) is 5.30. The number of ether oxygens (including phenoxy) is 1. The molecular formula is C35H42N2O6. The van der Waals surface area contributed by atoms with E-state index < -0.39 is 48.0 Å². The van der Waals surface area contributed by atoms with Crippen LogP contribution in [-0.2, 0) is 16.0 Å². The number of aliphatic hydroxyl groups is 3. The van der Waals surface area contributed by atoms with E-state index in [0.717, 1.165) is 11.1 Å². The van der Waals surface area contributed by atoms with Gasteiger partial charge in [-0.15, -0.1) is 0 Å². The summed E-state index contributed by atoms with van der Waals surface area (Å²) in [4.78, 5) is 26.5. The third-order valence-corrected chi connectivity index (χ3v) is 7.50. The number of benzene rings is 3. The third-order valence-electron chi connectivity index (χ3n) is 7.50. The number of alkyl carbamates (subject to hydrolysis) is 1. The molecule has 0 aliphatic heterocycles. The second-order valence-corrected chi connectivity index (χ2v) is 12.0. The number of hydrogen-bond acceptors (Lipinski definition) is 6. The standard InChI is InChI=1S/C35H42N2O6/c1-35(2,3)43-34(42)36-28(21-24-15-8-5-9-16-24)29(38)22-25(18-12-17-23-13-6-4-7-14-23)33(41)37-30-26-19-10-11-20-27(26)31(39)32(30)40/h4-17,19-20,25,28-32,38-40H,18,21-22H2,1-3H3,(H,36,42)(H,37,41)/b17-12+/t25-,28+,29+,30+,31-,32+/m1/s1. The Kier molecular flexibility index (Phi) is 10.7. The van der Waals surface area contributed by atoms with E-state index in [4.69, 9.17) is 4.74 Å². The van der Waals surface area contributed by atoms with E-state index in [1.807, 2.05) is 72.8 Å². The highest BCUT2D eigenvalue weighted by atomic mass is 16.6. The molecule has 4 rings (SSSR count). The van der Waals surface area contributed by atoms with Crippen molar-refractivity contribution in [2.75, 3.05) is 0 Å². The zero-order valence-corrected chi connectivity index (χ0v) is 24.9. The first-order valence-corrected chi connectivity index (χ1v) is 14.7. The topological polar surface area (TPSA) is 128 Å². The van der Waals surface area contributed by atoms with Gasteiger partial charge in [0.1, 0.15) is 17.8 Å². The minimum Gasteiger partial charge on any atom is -0.444 e. The molecule has 5 N–H and O–H groups in total. The third kappa shape index (κ3) is 9.00. The van der Waals surface area contributed by atoms with Gasteiger partial charge in [-0.25, -0.2) is 4.79 Å². The maximum Gasteiger partial charge on any atom is 0.407 e. The van der Waals surface area contributed by atoms with Crippen LogP contribution in [0, 0.1) is 5.92 Å². The van der Waals surface area contributed by atoms with Crippen LogP contribution in [0.1, 0.15) is 68.0 Å². The molecule has 8 nitrogen and oxygen atoms in total. The number of fused-ring (bicyclic) bond motifs is 1. The van der Waals surface area contributed by atoms with Gasteiger partial charge < -0.3 is 30.7 Å². The first kappa shape index (κ1) is 31.9. The molecule has 2 amide bonds. The molecule has 1 aliphatic rings. The van der Waals surface area contributed by atoms with Gasteiger partial charge in [-0.2, -0.15) is 0 Å². The van der Waals surface area contributed by atoms with Crippen molar-refractivity contribution in [3.8, 4) is 0 Å². The van der Waals surface area contributed by atoms with E-state index in [1.165, 1.54) is 0 Å². The van der Waals surface area contributed by atoms with E-state index in [1.54, 1.807) is 45.0 Å². The van der Waals surface area contributed by atoms with E-state index in [0.29, 0.717) is 24.0 Å². The van der Waals surface area contributed by atoms with Crippen molar-refractivity contribution in [2.45, 2.75) is 76.0 Å². The predicted octanol–water partition coefficient (Wildman–Crippen LogP) is 4.86. The molecule has 0 unspecified atom stereocenters. The van der Waals surface area contributed by atoms with Gasteiger partial charge in [-0.1, -0.05) is 97.1 Å². The highest BCUT2D eigenvalue weighted by molar-refractivity contribution is 5.80. The molecule has 3 aromatic rings. The van der Waals surface area contributed by atoms with Crippen molar-refractivity contribution in [2.24, 2.45) is 5.92 Å². The Morgan fingerprint density at radius 1 is 0.907 bits per heavy atom. The van der Waals surface area contributed by atoms with Gasteiger partial charge >= 0.3 is 6.09 Å². The summed E-state index contributed by atoms with van der Waals surface area (Å²) < 4.78 is 5.46. The maximum absolute atomic E-state index is 13.8. The smallest absolute Gasteiger partial charge is 0.407 e. The number of amides is 2. The molecule has 0 fully saturated rings. The summed E-state index contributed by atoms with van der Waals surface area (Å²) in [7, 11) is 0. The van der Waals surface area contributed by atoms with Crippen molar-refractivity contribution in [1.29, 1.82) is 0 Å². The quantitative estimate of drug-likeness (QED) is 0.218. The highest BCUT2D eigenvalue weighted by Crippen LogP contribution is 2.39. The van der Waals surface area contributed by atoms with Gasteiger partial charge in [0, 0.05) is 5.92 Å². The molecule has 43 heavy (non-hydrogen) atoms. The molecule has 0 aromatic heterocycles. The van der Waals surface area contributed by atoms with Crippen molar-refractivity contribution in [3.05, 3.63) is 113 Å². The van der Waals surface area contributed by atoms with E-state index in [9.17, 15) is 24.9 Å². The first-order valence-electron chi connectivity index (χ1n) is 14.7. The Hall–Kier alpha value is -3.98. The van der Waals surface area contributed by atoms with Crippen LogP contribution in [0.15, 0.2) is 91.0 Å². The summed E-state index contributed by atoms with van der Waals surface area (Å²) in [6.07, 6.45) is 0.390. The molecule has 0 bridgehead atoms. The van der Waals surface area contributed by atoms with Crippen LogP contribution >= 0.6 is 0 Å². The minimum atomic E-state index is -1.20. The largest absolute Gasteiger partial charge is 0.444 e. The van der Waals surface area contributed by atoms with Crippen molar-refractivity contribution < 1.29 is 29.6 Å². The Morgan fingerprint density at radius 3 is 2.16 bits per heavy atom. The molecule has 0 saturated carbocycles. The summed E-state index contributed by atoms with van der Waals surface area (Å²) in [5.41, 5.74) is 2.39. The van der Waals surface area contributed by atoms with Gasteiger partial charge in [-0.3, -0.25) is 4.79 Å². The van der Waals surface area contributed by atoms with Crippen LogP contribution in [0.2, 0.25) is 0 Å². The number of aliphatic hydroxyl groups excluding tert-OH is 3. The van der Waals surface area contributed by atoms with Crippen molar-refractivity contribution >= 4 is 18.1 Å². The normalized spacial score (nSPS) is 20.2. The maximum atomic E-state index is 13.8. The van der Waals surface area contributed by atoms with Gasteiger partial charge in [0.25, 0.3) is 0 Å². The zero-order valence-electron chi connectivity index (χ0n) is 24.9. The number of nitrogens with one attached hydrogen (secondary N) is 2. The fourth-order valence-corrected chi connectivity index (χ4v) is 5.36. The summed E-state index contributed by atoms with van der Waals surface area (Å²) in [5, 5.41) is 38.6. The Balaban J connectivity index is 1.55. The Bertz CT molecular complexity index is 1370. The number of hydrogen-bond donors (Lipinski definition) is 5. The fraction of sp³-hybridized carbons (Fsp3) is 0.371. The highest BCUT2D eigenvalue weighted by Gasteiger charge is 2.40. The summed E-state index contributed by atoms with van der Waals surface area (Å²) in [5.74, 6) is -1.08. The van der Waals surface area contributed by atoms with Crippen LogP contribution in [-0.4, -0.2) is 51.2 Å². The van der Waals surface area contributed by atoms with Gasteiger partial charge in [0.05, 0.1) is 18.2 Å². The van der Waals surface area contributed by atoms with Crippen LogP contribution < -0.4 is 10.6 Å². The summed E-state index contributed by atoms with van der Waals surface area (Å²) in [6, 6.07) is 24.7.